The van der Waals surface area contributed by atoms with Crippen LogP contribution in [0, 0.1) is 0 Å². The van der Waals surface area contributed by atoms with Gasteiger partial charge in [0.25, 0.3) is 0 Å². The van der Waals surface area contributed by atoms with Crippen molar-refractivity contribution in [3.05, 3.63) is 22.8 Å². The van der Waals surface area contributed by atoms with Gasteiger partial charge in [-0.25, -0.2) is 0 Å². The average molecular weight is 341 g/mol. The molecule has 1 aromatic carbocycles. The fraction of sp³-hybridized carbons (Fsp3) is 0.462. The number of aromatic nitrogens is 2. The second-order valence-electron chi connectivity index (χ2n) is 5.87. The molecule has 0 atom stereocenters. The highest BCUT2D eigenvalue weighted by Gasteiger charge is 2.39. The zero-order valence-electron chi connectivity index (χ0n) is 11.9. The fourth-order valence-electron chi connectivity index (χ4n) is 1.66. The summed E-state index contributed by atoms with van der Waals surface area (Å²) < 4.78 is 6.44. The molecular weight excluding hydrogens is 323 g/mol. The van der Waals surface area contributed by atoms with E-state index in [4.69, 9.17) is 4.65 Å². The molecule has 7 heteroatoms. The SMILES string of the molecule is CC(C)(O)C(C)(C)OB(O)c1cc(Br)c2cn[nH]c2c1. The molecule has 108 valence electrons. The van der Waals surface area contributed by atoms with Crippen LogP contribution in [0.3, 0.4) is 0 Å². The number of halogens is 1. The summed E-state index contributed by atoms with van der Waals surface area (Å²) in [6, 6.07) is 3.56. The van der Waals surface area contributed by atoms with Gasteiger partial charge in [-0.1, -0.05) is 15.9 Å². The maximum Gasteiger partial charge on any atom is 0.491 e. The lowest BCUT2D eigenvalue weighted by Gasteiger charge is -2.38. The molecule has 0 aliphatic carbocycles. The van der Waals surface area contributed by atoms with E-state index in [0.29, 0.717) is 5.46 Å². The van der Waals surface area contributed by atoms with Crippen LogP contribution < -0.4 is 5.46 Å². The van der Waals surface area contributed by atoms with Crippen LogP contribution in [0.15, 0.2) is 22.8 Å². The number of rotatable bonds is 4. The van der Waals surface area contributed by atoms with Gasteiger partial charge in [-0.05, 0) is 45.3 Å². The van der Waals surface area contributed by atoms with Crippen molar-refractivity contribution >= 4 is 39.4 Å². The largest absolute Gasteiger partial charge is 0.491 e. The van der Waals surface area contributed by atoms with Gasteiger partial charge >= 0.3 is 7.12 Å². The van der Waals surface area contributed by atoms with Crippen LogP contribution in [-0.4, -0.2) is 38.6 Å². The molecule has 5 nitrogen and oxygen atoms in total. The Balaban J connectivity index is 2.30. The van der Waals surface area contributed by atoms with Gasteiger partial charge in [-0.3, -0.25) is 5.10 Å². The van der Waals surface area contributed by atoms with Gasteiger partial charge in [-0.15, -0.1) is 0 Å². The van der Waals surface area contributed by atoms with E-state index in [-0.39, 0.29) is 0 Å². The van der Waals surface area contributed by atoms with E-state index in [0.717, 1.165) is 15.4 Å². The first-order chi connectivity index (χ1) is 9.12. The molecule has 2 rings (SSSR count). The number of hydrogen-bond acceptors (Lipinski definition) is 4. The van der Waals surface area contributed by atoms with E-state index in [1.807, 2.05) is 0 Å². The zero-order chi connectivity index (χ0) is 15.1. The van der Waals surface area contributed by atoms with Crippen LogP contribution >= 0.6 is 15.9 Å². The van der Waals surface area contributed by atoms with Crippen molar-refractivity contribution in [3.8, 4) is 0 Å². The minimum absolute atomic E-state index is 0.589. The van der Waals surface area contributed by atoms with Gasteiger partial charge in [0.1, 0.15) is 0 Å². The van der Waals surface area contributed by atoms with Gasteiger partial charge in [0.2, 0.25) is 0 Å². The van der Waals surface area contributed by atoms with Crippen LogP contribution in [0.4, 0.5) is 0 Å². The van der Waals surface area contributed by atoms with Crippen molar-refractivity contribution in [1.29, 1.82) is 0 Å². The average Bonchev–Trinajstić information content (AvgIpc) is 2.75. The third kappa shape index (κ3) is 2.91. The molecule has 0 fully saturated rings. The molecule has 0 aliphatic rings. The molecule has 0 bridgehead atoms. The molecule has 0 unspecified atom stereocenters. The van der Waals surface area contributed by atoms with Crippen molar-refractivity contribution in [1.82, 2.24) is 10.2 Å². The number of hydrogen-bond donors (Lipinski definition) is 3. The van der Waals surface area contributed by atoms with E-state index in [9.17, 15) is 10.1 Å². The summed E-state index contributed by atoms with van der Waals surface area (Å²) in [5, 5.41) is 28.1. The molecule has 1 aromatic heterocycles. The summed E-state index contributed by atoms with van der Waals surface area (Å²) in [5.74, 6) is 0. The summed E-state index contributed by atoms with van der Waals surface area (Å²) in [7, 11) is -1.14. The van der Waals surface area contributed by atoms with Gasteiger partial charge in [0, 0.05) is 9.86 Å². The Hall–Kier alpha value is -0.885. The predicted octanol–water partition coefficient (Wildman–Crippen LogP) is 1.58. The highest BCUT2D eigenvalue weighted by Crippen LogP contribution is 2.26. The lowest BCUT2D eigenvalue weighted by Crippen LogP contribution is -2.53. The first-order valence-electron chi connectivity index (χ1n) is 6.32. The van der Waals surface area contributed by atoms with Crippen LogP contribution in [0.5, 0.6) is 0 Å². The van der Waals surface area contributed by atoms with E-state index >= 15 is 0 Å². The Morgan fingerprint density at radius 3 is 2.55 bits per heavy atom. The fourth-order valence-corrected chi connectivity index (χ4v) is 2.24. The molecule has 20 heavy (non-hydrogen) atoms. The van der Waals surface area contributed by atoms with Crippen molar-refractivity contribution in [2.24, 2.45) is 0 Å². The number of benzene rings is 1. The smallest absolute Gasteiger partial charge is 0.423 e. The second kappa shape index (κ2) is 5.14. The Labute approximate surface area is 126 Å². The monoisotopic (exact) mass is 340 g/mol. The summed E-state index contributed by atoms with van der Waals surface area (Å²) in [5.41, 5.74) is -0.588. The number of nitrogens with zero attached hydrogens (tertiary/aromatic N) is 1. The van der Waals surface area contributed by atoms with Crippen LogP contribution in [0.25, 0.3) is 10.9 Å². The lowest BCUT2D eigenvalue weighted by atomic mass is 9.76. The van der Waals surface area contributed by atoms with Crippen LogP contribution in [0.1, 0.15) is 27.7 Å². The quantitative estimate of drug-likeness (QED) is 0.738. The number of nitrogens with one attached hydrogen (secondary N) is 1. The standard InChI is InChI=1S/C13H18BBrN2O3/c1-12(2,18)13(3,4)20-14(19)8-5-10(15)9-7-16-17-11(9)6-8/h5-7,18-19H,1-4H3,(H,16,17). The van der Waals surface area contributed by atoms with Crippen molar-refractivity contribution < 1.29 is 14.8 Å². The number of fused-ring (bicyclic) bond motifs is 1. The number of aliphatic hydroxyl groups is 1. The Morgan fingerprint density at radius 1 is 1.30 bits per heavy atom. The molecule has 0 aliphatic heterocycles. The minimum atomic E-state index is -1.14. The van der Waals surface area contributed by atoms with Crippen LogP contribution in [0.2, 0.25) is 0 Å². The van der Waals surface area contributed by atoms with E-state index in [1.165, 1.54) is 0 Å². The maximum atomic E-state index is 10.3. The summed E-state index contributed by atoms with van der Waals surface area (Å²) in [4.78, 5) is 0. The van der Waals surface area contributed by atoms with E-state index < -0.39 is 18.3 Å². The predicted molar refractivity (Wildman–Crippen MR) is 82.9 cm³/mol. The van der Waals surface area contributed by atoms with Gasteiger partial charge in [-0.2, -0.15) is 5.10 Å². The van der Waals surface area contributed by atoms with Crippen molar-refractivity contribution in [3.63, 3.8) is 0 Å². The first kappa shape index (κ1) is 15.5. The molecule has 0 spiro atoms. The molecule has 0 radical (unpaired) electrons. The number of H-pyrrole nitrogens is 1. The zero-order valence-corrected chi connectivity index (χ0v) is 13.5. The highest BCUT2D eigenvalue weighted by atomic mass is 79.9. The summed E-state index contributed by atoms with van der Waals surface area (Å²) in [6.45, 7) is 6.77. The molecule has 0 saturated carbocycles. The molecule has 0 saturated heterocycles. The molecule has 2 aromatic rings. The Kier molecular flexibility index (Phi) is 3.99. The Morgan fingerprint density at radius 2 is 1.95 bits per heavy atom. The molecular formula is C13H18BBrN2O3. The normalized spacial score (nSPS) is 12.9. The number of aromatic amines is 1. The van der Waals surface area contributed by atoms with Crippen LogP contribution in [-0.2, 0) is 4.65 Å². The lowest BCUT2D eigenvalue weighted by molar-refractivity contribution is -0.0982. The second-order valence-corrected chi connectivity index (χ2v) is 6.73. The van der Waals surface area contributed by atoms with Crippen molar-refractivity contribution in [2.45, 2.75) is 38.9 Å². The minimum Gasteiger partial charge on any atom is -0.423 e. The molecule has 0 amide bonds. The molecule has 3 N–H and O–H groups in total. The van der Waals surface area contributed by atoms with Gasteiger partial charge in [0.15, 0.2) is 0 Å². The summed E-state index contributed by atoms with van der Waals surface area (Å²) >= 11 is 3.44. The van der Waals surface area contributed by atoms with E-state index in [2.05, 4.69) is 26.1 Å². The van der Waals surface area contributed by atoms with Gasteiger partial charge in [0.05, 0.1) is 22.9 Å². The third-order valence-electron chi connectivity index (χ3n) is 3.70. The highest BCUT2D eigenvalue weighted by molar-refractivity contribution is 9.10. The van der Waals surface area contributed by atoms with Crippen molar-refractivity contribution in [2.75, 3.05) is 0 Å². The maximum absolute atomic E-state index is 10.3. The topological polar surface area (TPSA) is 78.4 Å². The Bertz CT molecular complexity index is 622. The summed E-state index contributed by atoms with van der Waals surface area (Å²) in [6.07, 6.45) is 1.71. The van der Waals surface area contributed by atoms with Gasteiger partial charge < -0.3 is 14.8 Å². The molecule has 1 heterocycles. The first-order valence-corrected chi connectivity index (χ1v) is 7.12. The van der Waals surface area contributed by atoms with E-state index in [1.54, 1.807) is 46.0 Å². The third-order valence-corrected chi connectivity index (χ3v) is 4.35.